The number of likely N-dealkylation sites (tertiary alicyclic amines) is 2. The minimum atomic E-state index is 0. The van der Waals surface area contributed by atoms with Gasteiger partial charge in [-0.05, 0) is 45.3 Å². The molecule has 2 aliphatic rings. The van der Waals surface area contributed by atoms with Gasteiger partial charge >= 0.3 is 0 Å². The zero-order valence-electron chi connectivity index (χ0n) is 16.8. The molecule has 1 unspecified atom stereocenters. The lowest BCUT2D eigenvalue weighted by Crippen LogP contribution is -2.45. The van der Waals surface area contributed by atoms with Gasteiger partial charge in [0.1, 0.15) is 0 Å². The number of carbonyl (C=O) groups is 1. The maximum Gasteiger partial charge on any atom is 0.225 e. The number of rotatable bonds is 6. The average Bonchev–Trinajstić information content (AvgIpc) is 2.91. The highest BCUT2D eigenvalue weighted by molar-refractivity contribution is 14.0. The lowest BCUT2D eigenvalue weighted by atomic mass is 10.2. The molecule has 1 amide bonds. The summed E-state index contributed by atoms with van der Waals surface area (Å²) in [6.45, 7) is 10.2. The van der Waals surface area contributed by atoms with E-state index in [1.165, 1.54) is 45.3 Å². The molecule has 0 aliphatic carbocycles. The molecule has 7 heteroatoms. The van der Waals surface area contributed by atoms with Crippen LogP contribution in [0.4, 0.5) is 0 Å². The Morgan fingerprint density at radius 1 is 1.15 bits per heavy atom. The molecule has 0 radical (unpaired) electrons. The molecule has 0 spiro atoms. The molecule has 2 fully saturated rings. The summed E-state index contributed by atoms with van der Waals surface area (Å²) in [7, 11) is 1.82. The van der Waals surface area contributed by atoms with E-state index in [0.29, 0.717) is 6.04 Å². The molecule has 2 rings (SSSR count). The number of halogens is 1. The van der Waals surface area contributed by atoms with E-state index in [1.807, 2.05) is 25.8 Å². The van der Waals surface area contributed by atoms with Crippen LogP contribution in [0.3, 0.4) is 0 Å². The van der Waals surface area contributed by atoms with Crippen LogP contribution in [-0.4, -0.2) is 74.0 Å². The smallest absolute Gasteiger partial charge is 0.225 e. The van der Waals surface area contributed by atoms with Crippen molar-refractivity contribution in [3.8, 4) is 0 Å². The summed E-state index contributed by atoms with van der Waals surface area (Å²) in [5.74, 6) is 1.19. The summed E-state index contributed by atoms with van der Waals surface area (Å²) >= 11 is 0. The van der Waals surface area contributed by atoms with Crippen LogP contribution in [0.2, 0.25) is 0 Å². The van der Waals surface area contributed by atoms with Gasteiger partial charge in [0.2, 0.25) is 5.91 Å². The Kier molecular flexibility index (Phi) is 11.5. The fraction of sp³-hybridized carbons (Fsp3) is 0.895. The Hall–Kier alpha value is -0.570. The lowest BCUT2D eigenvalue weighted by molar-refractivity contribution is -0.133. The van der Waals surface area contributed by atoms with Crippen LogP contribution in [-0.2, 0) is 4.79 Å². The highest BCUT2D eigenvalue weighted by atomic mass is 127. The van der Waals surface area contributed by atoms with E-state index in [1.54, 1.807) is 0 Å². The van der Waals surface area contributed by atoms with E-state index in [-0.39, 0.29) is 35.8 Å². The van der Waals surface area contributed by atoms with E-state index in [4.69, 9.17) is 0 Å². The minimum Gasteiger partial charge on any atom is -0.356 e. The molecule has 2 aliphatic heterocycles. The number of amides is 1. The first-order valence-electron chi connectivity index (χ1n) is 10.1. The first kappa shape index (κ1) is 23.5. The largest absolute Gasteiger partial charge is 0.356 e. The van der Waals surface area contributed by atoms with Crippen LogP contribution >= 0.6 is 24.0 Å². The summed E-state index contributed by atoms with van der Waals surface area (Å²) in [5.41, 5.74) is 0. The second kappa shape index (κ2) is 12.8. The van der Waals surface area contributed by atoms with Crippen LogP contribution in [0.25, 0.3) is 0 Å². The van der Waals surface area contributed by atoms with E-state index >= 15 is 0 Å². The third kappa shape index (κ3) is 7.98. The van der Waals surface area contributed by atoms with Gasteiger partial charge in [0, 0.05) is 38.6 Å². The molecule has 0 aromatic rings. The van der Waals surface area contributed by atoms with Crippen molar-refractivity contribution >= 4 is 35.8 Å². The van der Waals surface area contributed by atoms with Gasteiger partial charge in [-0.1, -0.05) is 26.7 Å². The molecule has 1 atom stereocenters. The third-order valence-corrected chi connectivity index (χ3v) is 5.20. The van der Waals surface area contributed by atoms with Gasteiger partial charge < -0.3 is 20.4 Å². The molecular formula is C19H38IN5O. The Bertz CT molecular complexity index is 436. The molecular weight excluding hydrogens is 441 g/mol. The van der Waals surface area contributed by atoms with Crippen molar-refractivity contribution < 1.29 is 4.79 Å². The van der Waals surface area contributed by atoms with Crippen LogP contribution in [0.5, 0.6) is 0 Å². The number of nitrogens with one attached hydrogen (secondary N) is 2. The molecule has 0 aromatic heterocycles. The van der Waals surface area contributed by atoms with Gasteiger partial charge in [-0.2, -0.15) is 0 Å². The van der Waals surface area contributed by atoms with Gasteiger partial charge in [-0.3, -0.25) is 9.79 Å². The van der Waals surface area contributed by atoms with Crippen molar-refractivity contribution in [2.75, 3.05) is 46.3 Å². The van der Waals surface area contributed by atoms with Crippen molar-refractivity contribution in [2.24, 2.45) is 10.9 Å². The Morgan fingerprint density at radius 3 is 2.46 bits per heavy atom. The Labute approximate surface area is 176 Å². The summed E-state index contributed by atoms with van der Waals surface area (Å²) in [6.07, 6.45) is 7.62. The predicted molar refractivity (Wildman–Crippen MR) is 119 cm³/mol. The van der Waals surface area contributed by atoms with Gasteiger partial charge in [0.25, 0.3) is 0 Å². The minimum absolute atomic E-state index is 0. The van der Waals surface area contributed by atoms with Crippen LogP contribution < -0.4 is 10.6 Å². The number of hydrogen-bond donors (Lipinski definition) is 2. The normalized spacial score (nSPS) is 22.1. The van der Waals surface area contributed by atoms with Gasteiger partial charge in [0.05, 0.1) is 0 Å². The van der Waals surface area contributed by atoms with Crippen molar-refractivity contribution in [3.63, 3.8) is 0 Å². The molecule has 2 N–H and O–H groups in total. The number of carbonyl (C=O) groups excluding carboxylic acids is 1. The lowest BCUT2D eigenvalue weighted by Gasteiger charge is -2.21. The fourth-order valence-corrected chi connectivity index (χ4v) is 3.70. The van der Waals surface area contributed by atoms with E-state index in [2.05, 4.69) is 20.5 Å². The molecule has 0 saturated carbocycles. The maximum atomic E-state index is 12.1. The van der Waals surface area contributed by atoms with E-state index in [9.17, 15) is 4.79 Å². The summed E-state index contributed by atoms with van der Waals surface area (Å²) in [6, 6.07) is 0.305. The SMILES string of the molecule is CN=C(NCCCN1CCCCCC1)NC1CCN(C(=O)C(C)C)C1.I. The van der Waals surface area contributed by atoms with E-state index < -0.39 is 0 Å². The Morgan fingerprint density at radius 2 is 1.85 bits per heavy atom. The standard InChI is InChI=1S/C19H37N5O.HI/c1-16(2)18(25)24-14-9-17(15-24)22-19(20-3)21-10-8-13-23-11-6-4-5-7-12-23;/h16-17H,4-15H2,1-3H3,(H2,20,21,22);1H. The predicted octanol–water partition coefficient (Wildman–Crippen LogP) is 2.29. The number of hydrogen-bond acceptors (Lipinski definition) is 3. The van der Waals surface area contributed by atoms with E-state index in [0.717, 1.165) is 38.4 Å². The maximum absolute atomic E-state index is 12.1. The summed E-state index contributed by atoms with van der Waals surface area (Å²) < 4.78 is 0. The highest BCUT2D eigenvalue weighted by Crippen LogP contribution is 2.13. The van der Waals surface area contributed by atoms with Gasteiger partial charge in [0.15, 0.2) is 5.96 Å². The highest BCUT2D eigenvalue weighted by Gasteiger charge is 2.27. The fourth-order valence-electron chi connectivity index (χ4n) is 3.70. The quantitative estimate of drug-likeness (QED) is 0.266. The zero-order valence-corrected chi connectivity index (χ0v) is 19.1. The topological polar surface area (TPSA) is 60.0 Å². The van der Waals surface area contributed by atoms with Crippen LogP contribution in [0.1, 0.15) is 52.4 Å². The van der Waals surface area contributed by atoms with Crippen molar-refractivity contribution in [2.45, 2.75) is 58.4 Å². The second-order valence-electron chi connectivity index (χ2n) is 7.68. The van der Waals surface area contributed by atoms with Crippen molar-refractivity contribution in [1.82, 2.24) is 20.4 Å². The van der Waals surface area contributed by atoms with Gasteiger partial charge in [-0.25, -0.2) is 0 Å². The number of aliphatic imine (C=N–C) groups is 1. The Balaban J connectivity index is 0.00000338. The molecule has 6 nitrogen and oxygen atoms in total. The molecule has 0 bridgehead atoms. The van der Waals surface area contributed by atoms with Crippen LogP contribution in [0.15, 0.2) is 4.99 Å². The summed E-state index contributed by atoms with van der Waals surface area (Å²) in [4.78, 5) is 21.0. The zero-order chi connectivity index (χ0) is 18.1. The van der Waals surface area contributed by atoms with Gasteiger partial charge in [-0.15, -0.1) is 24.0 Å². The molecule has 0 aromatic carbocycles. The monoisotopic (exact) mass is 479 g/mol. The first-order chi connectivity index (χ1) is 12.1. The molecule has 26 heavy (non-hydrogen) atoms. The first-order valence-corrected chi connectivity index (χ1v) is 10.1. The van der Waals surface area contributed by atoms with Crippen molar-refractivity contribution in [3.05, 3.63) is 0 Å². The average molecular weight is 479 g/mol. The van der Waals surface area contributed by atoms with Crippen LogP contribution in [0, 0.1) is 5.92 Å². The molecule has 2 heterocycles. The second-order valence-corrected chi connectivity index (χ2v) is 7.68. The number of nitrogens with zero attached hydrogens (tertiary/aromatic N) is 3. The third-order valence-electron chi connectivity index (χ3n) is 5.20. The summed E-state index contributed by atoms with van der Waals surface area (Å²) in [5, 5.41) is 6.90. The number of guanidine groups is 1. The molecule has 152 valence electrons. The molecule has 2 saturated heterocycles. The van der Waals surface area contributed by atoms with Crippen molar-refractivity contribution in [1.29, 1.82) is 0 Å².